The molecule has 3 rings (SSSR count). The normalized spacial score (nSPS) is 11.3. The van der Waals surface area contributed by atoms with Crippen LogP contribution in [0.3, 0.4) is 0 Å². The van der Waals surface area contributed by atoms with Crippen LogP contribution in [0, 0.1) is 11.8 Å². The zero-order valence-electron chi connectivity index (χ0n) is 15.0. The number of benzene rings is 2. The van der Waals surface area contributed by atoms with E-state index in [9.17, 15) is 18.5 Å². The van der Waals surface area contributed by atoms with E-state index in [-0.39, 0.29) is 10.4 Å². The maximum Gasteiger partial charge on any atom is 0.328 e. The molecule has 3 aromatic rings. The summed E-state index contributed by atoms with van der Waals surface area (Å²) >= 11 is 2.41. The Balaban J connectivity index is 1.90. The van der Waals surface area contributed by atoms with Crippen molar-refractivity contribution in [2.45, 2.75) is 24.7 Å². The number of carbonyl (C=O) groups is 1. The molecular formula is C20H16F2N2O2S2. The lowest BCUT2D eigenvalue weighted by Crippen LogP contribution is -2.06. The summed E-state index contributed by atoms with van der Waals surface area (Å²) < 4.78 is 29.9. The van der Waals surface area contributed by atoms with Crippen LogP contribution in [0.15, 0.2) is 64.7 Å². The van der Waals surface area contributed by atoms with Gasteiger partial charge in [0.25, 0.3) is 5.92 Å². The molecule has 2 aromatic carbocycles. The average molecular weight is 418 g/mol. The third-order valence-electron chi connectivity index (χ3n) is 4.05. The monoisotopic (exact) mass is 418 g/mol. The lowest BCUT2D eigenvalue weighted by molar-refractivity contribution is 0.0175. The summed E-state index contributed by atoms with van der Waals surface area (Å²) in [5.74, 6) is -3.80. The molecule has 0 aliphatic carbocycles. The van der Waals surface area contributed by atoms with Gasteiger partial charge in [0.2, 0.25) is 0 Å². The number of aryl methyl sites for hydroxylation is 1. The first kappa shape index (κ1) is 20.2. The first-order valence-electron chi connectivity index (χ1n) is 8.28. The second-order valence-electron chi connectivity index (χ2n) is 6.19. The van der Waals surface area contributed by atoms with Crippen molar-refractivity contribution in [3.63, 3.8) is 0 Å². The first-order valence-corrected chi connectivity index (χ1v) is 9.91. The number of hydrogen-bond acceptors (Lipinski definition) is 5. The zero-order valence-corrected chi connectivity index (χ0v) is 16.7. The Morgan fingerprint density at radius 3 is 2.43 bits per heavy atom. The maximum atomic E-state index is 13.4. The third-order valence-corrected chi connectivity index (χ3v) is 6.22. The summed E-state index contributed by atoms with van der Waals surface area (Å²) in [6, 6.07) is 15.3. The van der Waals surface area contributed by atoms with E-state index in [1.165, 1.54) is 24.1 Å². The van der Waals surface area contributed by atoms with E-state index in [0.29, 0.717) is 16.1 Å². The molecule has 0 radical (unpaired) electrons. The minimum Gasteiger partial charge on any atom is -0.324 e. The fourth-order valence-electron chi connectivity index (χ4n) is 2.52. The van der Waals surface area contributed by atoms with Gasteiger partial charge in [0.05, 0.1) is 5.69 Å². The maximum absolute atomic E-state index is 13.4. The molecule has 1 N–H and O–H groups in total. The number of carbonyl (C=O) groups excluding carboxylic acids is 1. The number of nitrogens with zero attached hydrogens (tertiary/aromatic N) is 1. The molecule has 0 saturated heterocycles. The van der Waals surface area contributed by atoms with E-state index >= 15 is 0 Å². The van der Waals surface area contributed by atoms with Crippen molar-refractivity contribution < 1.29 is 13.6 Å². The predicted molar refractivity (Wildman–Crippen MR) is 110 cm³/mol. The van der Waals surface area contributed by atoms with Gasteiger partial charge in [0.1, 0.15) is 4.88 Å². The van der Waals surface area contributed by atoms with Gasteiger partial charge in [-0.3, -0.25) is 4.79 Å². The molecule has 0 bridgehead atoms. The van der Waals surface area contributed by atoms with Gasteiger partial charge in [-0.25, -0.2) is 8.78 Å². The molecule has 0 saturated carbocycles. The van der Waals surface area contributed by atoms with Crippen LogP contribution in [-0.2, 0) is 5.92 Å². The molecule has 1 amide bonds. The second kappa shape index (κ2) is 8.20. The van der Waals surface area contributed by atoms with Gasteiger partial charge in [-0.15, -0.1) is 16.2 Å². The van der Waals surface area contributed by atoms with E-state index in [1.807, 2.05) is 31.2 Å². The Morgan fingerprint density at radius 2 is 1.82 bits per heavy atom. The summed E-state index contributed by atoms with van der Waals surface area (Å²) in [6.07, 6.45) is 0. The van der Waals surface area contributed by atoms with E-state index in [1.54, 1.807) is 18.2 Å². The van der Waals surface area contributed by atoms with Gasteiger partial charge in [-0.1, -0.05) is 42.5 Å². The van der Waals surface area contributed by atoms with E-state index in [2.05, 4.69) is 9.90 Å². The number of rotatable bonds is 6. The third kappa shape index (κ3) is 4.45. The molecule has 0 aliphatic heterocycles. The molecule has 0 fully saturated rings. The second-order valence-corrected chi connectivity index (χ2v) is 8.09. The standard InChI is InChI=1S/C20H16F2N2O2S2/c1-12-5-3-4-6-16(12)28-24-15-11-17(27-18(15)19(25)23-26)13-7-9-14(10-8-13)20(2,21)22/h3-11,24H,1-2H3. The SMILES string of the molecule is Cc1ccccc1SNc1cc(-c2ccc(C(C)(F)F)cc2)sc1C(=O)N=O. The van der Waals surface area contributed by atoms with Crippen molar-refractivity contribution in [3.8, 4) is 10.4 Å². The fourth-order valence-corrected chi connectivity index (χ4v) is 4.33. The molecule has 4 nitrogen and oxygen atoms in total. The predicted octanol–water partition coefficient (Wildman–Crippen LogP) is 6.86. The molecular weight excluding hydrogens is 402 g/mol. The van der Waals surface area contributed by atoms with Crippen LogP contribution in [0.1, 0.15) is 27.7 Å². The van der Waals surface area contributed by atoms with Crippen molar-refractivity contribution >= 4 is 34.9 Å². The molecule has 0 atom stereocenters. The minimum atomic E-state index is -2.92. The van der Waals surface area contributed by atoms with Crippen LogP contribution in [0.5, 0.6) is 0 Å². The number of anilines is 1. The van der Waals surface area contributed by atoms with Crippen molar-refractivity contribution in [3.05, 3.63) is 75.5 Å². The lowest BCUT2D eigenvalue weighted by atomic mass is 10.1. The van der Waals surface area contributed by atoms with Gasteiger partial charge in [0.15, 0.2) is 0 Å². The van der Waals surface area contributed by atoms with Crippen molar-refractivity contribution in [1.82, 2.24) is 0 Å². The number of alkyl halides is 2. The summed E-state index contributed by atoms with van der Waals surface area (Å²) in [6.45, 7) is 2.80. The van der Waals surface area contributed by atoms with Crippen molar-refractivity contribution in [2.24, 2.45) is 5.18 Å². The number of halogens is 2. The van der Waals surface area contributed by atoms with Crippen LogP contribution in [0.2, 0.25) is 0 Å². The van der Waals surface area contributed by atoms with Crippen molar-refractivity contribution in [1.29, 1.82) is 0 Å². The van der Waals surface area contributed by atoms with Gasteiger partial charge in [-0.2, -0.15) is 0 Å². The van der Waals surface area contributed by atoms with Crippen LogP contribution < -0.4 is 4.72 Å². The Bertz CT molecular complexity index is 1010. The van der Waals surface area contributed by atoms with Crippen LogP contribution in [0.4, 0.5) is 14.5 Å². The van der Waals surface area contributed by atoms with Gasteiger partial charge in [-0.05, 0) is 42.1 Å². The highest BCUT2D eigenvalue weighted by Gasteiger charge is 2.24. The molecule has 0 spiro atoms. The number of hydrogen-bond donors (Lipinski definition) is 1. The fraction of sp³-hybridized carbons (Fsp3) is 0.150. The number of nitrogens with one attached hydrogen (secondary N) is 1. The number of nitroso groups, excluding NO2 is 1. The molecule has 8 heteroatoms. The Morgan fingerprint density at radius 1 is 1.14 bits per heavy atom. The largest absolute Gasteiger partial charge is 0.328 e. The Hall–Kier alpha value is -2.58. The van der Waals surface area contributed by atoms with Crippen molar-refractivity contribution in [2.75, 3.05) is 4.72 Å². The molecule has 0 unspecified atom stereocenters. The summed E-state index contributed by atoms with van der Waals surface area (Å²) in [4.78, 5) is 24.5. The highest BCUT2D eigenvalue weighted by Crippen LogP contribution is 2.38. The van der Waals surface area contributed by atoms with E-state index < -0.39 is 11.8 Å². The molecule has 1 heterocycles. The van der Waals surface area contributed by atoms with E-state index in [4.69, 9.17) is 0 Å². The average Bonchev–Trinajstić information content (AvgIpc) is 3.10. The highest BCUT2D eigenvalue weighted by atomic mass is 32.2. The molecule has 28 heavy (non-hydrogen) atoms. The lowest BCUT2D eigenvalue weighted by Gasteiger charge is -2.10. The Labute approximate surface area is 169 Å². The molecule has 0 aliphatic rings. The zero-order chi connectivity index (χ0) is 20.3. The number of amides is 1. The summed E-state index contributed by atoms with van der Waals surface area (Å²) in [7, 11) is 0. The van der Waals surface area contributed by atoms with Gasteiger partial charge >= 0.3 is 5.91 Å². The summed E-state index contributed by atoms with van der Waals surface area (Å²) in [5, 5.41) is 2.52. The van der Waals surface area contributed by atoms with E-state index in [0.717, 1.165) is 28.7 Å². The van der Waals surface area contributed by atoms with Crippen LogP contribution in [0.25, 0.3) is 10.4 Å². The quantitative estimate of drug-likeness (QED) is 0.351. The van der Waals surface area contributed by atoms with Gasteiger partial charge in [0, 0.05) is 27.4 Å². The molecule has 144 valence electrons. The molecule has 1 aromatic heterocycles. The summed E-state index contributed by atoms with van der Waals surface area (Å²) in [5.41, 5.74) is 2.11. The topological polar surface area (TPSA) is 58.5 Å². The van der Waals surface area contributed by atoms with Gasteiger partial charge < -0.3 is 4.72 Å². The first-order chi connectivity index (χ1) is 13.3. The highest BCUT2D eigenvalue weighted by molar-refractivity contribution is 8.00. The minimum absolute atomic E-state index is 0.0906. The smallest absolute Gasteiger partial charge is 0.324 e. The number of thiophene rings is 1. The van der Waals surface area contributed by atoms with Crippen LogP contribution in [-0.4, -0.2) is 5.91 Å². The Kier molecular flexibility index (Phi) is 5.90. The van der Waals surface area contributed by atoms with Crippen LogP contribution >= 0.6 is 23.3 Å².